The maximum absolute atomic E-state index is 5.35. The van der Waals surface area contributed by atoms with E-state index in [0.29, 0.717) is 0 Å². The molecule has 2 heterocycles. The first kappa shape index (κ1) is 18.6. The molecule has 0 amide bonds. The van der Waals surface area contributed by atoms with Gasteiger partial charge in [0, 0.05) is 36.6 Å². The van der Waals surface area contributed by atoms with Crippen molar-refractivity contribution in [2.75, 3.05) is 26.4 Å². The molecule has 0 spiro atoms. The van der Waals surface area contributed by atoms with Crippen molar-refractivity contribution in [1.82, 2.24) is 0 Å². The molecule has 0 atom stereocenters. The lowest BCUT2D eigenvalue weighted by Crippen LogP contribution is -2.17. The van der Waals surface area contributed by atoms with Crippen molar-refractivity contribution in [2.45, 2.75) is 49.7 Å². The molecule has 1 aromatic rings. The summed E-state index contributed by atoms with van der Waals surface area (Å²) in [5.74, 6) is 0.735. The molecule has 0 bridgehead atoms. The molecule has 128 valence electrons. The van der Waals surface area contributed by atoms with Gasteiger partial charge in [-0.1, -0.05) is 30.4 Å². The van der Waals surface area contributed by atoms with Crippen LogP contribution in [0.3, 0.4) is 0 Å². The van der Waals surface area contributed by atoms with E-state index in [1.54, 1.807) is 0 Å². The summed E-state index contributed by atoms with van der Waals surface area (Å²) in [7, 11) is 0. The van der Waals surface area contributed by atoms with Crippen LogP contribution in [0.1, 0.15) is 38.2 Å². The van der Waals surface area contributed by atoms with Gasteiger partial charge in [-0.25, -0.2) is 0 Å². The van der Waals surface area contributed by atoms with Crippen LogP contribution in [0, 0.1) is 12.8 Å². The summed E-state index contributed by atoms with van der Waals surface area (Å²) >= 11 is 2.01. The Morgan fingerprint density at radius 1 is 1.00 bits per heavy atom. The fraction of sp³-hybridized carbons (Fsp3) is 0.600. The highest BCUT2D eigenvalue weighted by Crippen LogP contribution is 2.31. The average molecular weight is 335 g/mol. The van der Waals surface area contributed by atoms with Gasteiger partial charge in [0.1, 0.15) is 0 Å². The van der Waals surface area contributed by atoms with Crippen molar-refractivity contribution in [3.05, 3.63) is 42.0 Å². The molecule has 3 rings (SSSR count). The van der Waals surface area contributed by atoms with E-state index in [1.165, 1.54) is 41.7 Å². The Morgan fingerprint density at radius 3 is 2.09 bits per heavy atom. The zero-order chi connectivity index (χ0) is 16.5. The Balaban J connectivity index is 0.000000185. The van der Waals surface area contributed by atoms with Gasteiger partial charge >= 0.3 is 0 Å². The molecule has 2 aliphatic heterocycles. The van der Waals surface area contributed by atoms with E-state index in [2.05, 4.69) is 44.7 Å². The van der Waals surface area contributed by atoms with Crippen LogP contribution in [0.15, 0.2) is 41.3 Å². The number of hydrogen-bond donors (Lipinski definition) is 0. The van der Waals surface area contributed by atoms with Crippen LogP contribution in [0.2, 0.25) is 0 Å². The predicted molar refractivity (Wildman–Crippen MR) is 99.2 cm³/mol. The molecule has 3 heteroatoms. The van der Waals surface area contributed by atoms with Crippen molar-refractivity contribution in [3.63, 3.8) is 0 Å². The maximum Gasteiger partial charge on any atom is 0.0476 e. The highest BCUT2D eigenvalue weighted by atomic mass is 32.2. The number of ether oxygens (including phenoxy) is 2. The van der Waals surface area contributed by atoms with Gasteiger partial charge in [0.15, 0.2) is 0 Å². The maximum atomic E-state index is 5.35. The molecule has 23 heavy (non-hydrogen) atoms. The number of allylic oxidation sites excluding steroid dienone is 1. The van der Waals surface area contributed by atoms with E-state index in [0.717, 1.165) is 37.6 Å². The van der Waals surface area contributed by atoms with Crippen LogP contribution in [-0.4, -0.2) is 31.7 Å². The van der Waals surface area contributed by atoms with Crippen molar-refractivity contribution >= 4 is 11.8 Å². The van der Waals surface area contributed by atoms with Crippen LogP contribution in [0.5, 0.6) is 0 Å². The molecule has 0 radical (unpaired) electrons. The fourth-order valence-corrected chi connectivity index (χ4v) is 4.05. The normalized spacial score (nSPS) is 19.7. The van der Waals surface area contributed by atoms with Gasteiger partial charge in [0.2, 0.25) is 0 Å². The molecule has 2 aliphatic rings. The largest absolute Gasteiger partial charge is 0.381 e. The van der Waals surface area contributed by atoms with Gasteiger partial charge in [0.05, 0.1) is 0 Å². The quantitative estimate of drug-likeness (QED) is 0.703. The lowest BCUT2D eigenvalue weighted by molar-refractivity contribution is 0.0759. The van der Waals surface area contributed by atoms with E-state index in [-0.39, 0.29) is 0 Å². The average Bonchev–Trinajstić information content (AvgIpc) is 2.59. The Labute approximate surface area is 145 Å². The summed E-state index contributed by atoms with van der Waals surface area (Å²) < 4.78 is 10.6. The molecular weight excluding hydrogens is 304 g/mol. The summed E-state index contributed by atoms with van der Waals surface area (Å²) in [5.41, 5.74) is 2.71. The van der Waals surface area contributed by atoms with E-state index in [4.69, 9.17) is 9.47 Å². The number of thioether (sulfide) groups is 1. The van der Waals surface area contributed by atoms with Crippen molar-refractivity contribution in [2.24, 2.45) is 5.92 Å². The molecule has 0 saturated carbocycles. The Bertz CT molecular complexity index is 474. The Kier molecular flexibility index (Phi) is 8.21. The molecule has 2 fully saturated rings. The lowest BCUT2D eigenvalue weighted by atomic mass is 9.94. The molecule has 0 N–H and O–H groups in total. The second-order valence-corrected chi connectivity index (χ2v) is 7.77. The van der Waals surface area contributed by atoms with Gasteiger partial charge in [0.25, 0.3) is 0 Å². The molecule has 2 nitrogen and oxygen atoms in total. The first-order valence-electron chi connectivity index (χ1n) is 8.70. The molecule has 1 aromatic carbocycles. The van der Waals surface area contributed by atoms with Crippen LogP contribution < -0.4 is 0 Å². The minimum atomic E-state index is 0.735. The smallest absolute Gasteiger partial charge is 0.0476 e. The summed E-state index contributed by atoms with van der Waals surface area (Å²) in [6.45, 7) is 11.9. The van der Waals surface area contributed by atoms with Gasteiger partial charge in [-0.05, 0) is 57.1 Å². The van der Waals surface area contributed by atoms with Crippen LogP contribution in [0.25, 0.3) is 0 Å². The number of aryl methyl sites for hydroxylation is 1. The Hall–Kier alpha value is -0.770. The third-order valence-electron chi connectivity index (χ3n) is 4.47. The predicted octanol–water partition coefficient (Wildman–Crippen LogP) is 5.26. The van der Waals surface area contributed by atoms with Crippen molar-refractivity contribution < 1.29 is 9.47 Å². The highest BCUT2D eigenvalue weighted by Gasteiger charge is 2.15. The highest BCUT2D eigenvalue weighted by molar-refractivity contribution is 8.00. The molecule has 0 unspecified atom stereocenters. The third-order valence-corrected chi connectivity index (χ3v) is 5.99. The van der Waals surface area contributed by atoms with Crippen molar-refractivity contribution in [1.29, 1.82) is 0 Å². The second-order valence-electron chi connectivity index (χ2n) is 6.43. The monoisotopic (exact) mass is 334 g/mol. The minimum Gasteiger partial charge on any atom is -0.381 e. The fourth-order valence-electron chi connectivity index (χ4n) is 2.85. The van der Waals surface area contributed by atoms with Crippen LogP contribution >= 0.6 is 11.8 Å². The summed E-state index contributed by atoms with van der Waals surface area (Å²) in [6.07, 6.45) is 4.74. The summed E-state index contributed by atoms with van der Waals surface area (Å²) in [5, 5.41) is 0.754. The first-order chi connectivity index (χ1) is 11.2. The van der Waals surface area contributed by atoms with E-state index >= 15 is 0 Å². The standard InChI is InChI=1S/C12H16OS.C8H14O/c1-10-4-2-3-5-12(10)14-11-6-8-13-9-7-11;1-7(2)8-3-5-9-6-4-8/h2-5,11H,6-9H2,1H3;8H,1,3-6H2,2H3. The third kappa shape index (κ3) is 6.70. The lowest BCUT2D eigenvalue weighted by Gasteiger charge is -2.22. The summed E-state index contributed by atoms with van der Waals surface area (Å²) in [4.78, 5) is 1.43. The minimum absolute atomic E-state index is 0.735. The summed E-state index contributed by atoms with van der Waals surface area (Å²) in [6, 6.07) is 8.62. The second kappa shape index (κ2) is 10.2. The van der Waals surface area contributed by atoms with Crippen LogP contribution in [0.4, 0.5) is 0 Å². The van der Waals surface area contributed by atoms with Gasteiger partial charge < -0.3 is 9.47 Å². The first-order valence-corrected chi connectivity index (χ1v) is 9.58. The topological polar surface area (TPSA) is 18.5 Å². The molecular formula is C20H30O2S. The van der Waals surface area contributed by atoms with Crippen molar-refractivity contribution in [3.8, 4) is 0 Å². The zero-order valence-electron chi connectivity index (χ0n) is 14.6. The zero-order valence-corrected chi connectivity index (χ0v) is 15.4. The number of rotatable bonds is 3. The molecule has 0 aliphatic carbocycles. The van der Waals surface area contributed by atoms with E-state index in [1.807, 2.05) is 11.8 Å². The van der Waals surface area contributed by atoms with Gasteiger partial charge in [-0.15, -0.1) is 11.8 Å². The molecule has 0 aromatic heterocycles. The molecule has 2 saturated heterocycles. The van der Waals surface area contributed by atoms with E-state index < -0.39 is 0 Å². The van der Waals surface area contributed by atoms with Crippen LogP contribution in [-0.2, 0) is 9.47 Å². The van der Waals surface area contributed by atoms with Gasteiger partial charge in [-0.2, -0.15) is 0 Å². The SMILES string of the molecule is C=C(C)C1CCOCC1.Cc1ccccc1SC1CCOCC1. The van der Waals surface area contributed by atoms with E-state index in [9.17, 15) is 0 Å². The van der Waals surface area contributed by atoms with Gasteiger partial charge in [-0.3, -0.25) is 0 Å². The number of hydrogen-bond acceptors (Lipinski definition) is 3. The number of benzene rings is 1. The Morgan fingerprint density at radius 2 is 1.57 bits per heavy atom.